The number of likely N-dealkylation sites (tertiary alicyclic amines) is 1. The van der Waals surface area contributed by atoms with Crippen LogP contribution < -0.4 is 5.32 Å². The van der Waals surface area contributed by atoms with E-state index in [0.717, 1.165) is 11.3 Å². The molecule has 3 aliphatic rings. The predicted molar refractivity (Wildman–Crippen MR) is 107 cm³/mol. The van der Waals surface area contributed by atoms with Crippen LogP contribution in [-0.4, -0.2) is 41.5 Å². The average molecular weight is 394 g/mol. The Balaban J connectivity index is 1.27. The number of benzene rings is 1. The molecule has 144 valence electrons. The predicted octanol–water partition coefficient (Wildman–Crippen LogP) is 2.39. The first-order valence-corrected chi connectivity index (χ1v) is 10.5. The van der Waals surface area contributed by atoms with Crippen molar-refractivity contribution in [3.8, 4) is 0 Å². The molecule has 1 N–H and O–H groups in total. The summed E-state index contributed by atoms with van der Waals surface area (Å²) in [4.78, 5) is 29.1. The lowest BCUT2D eigenvalue weighted by Crippen LogP contribution is -2.44. The molecule has 5 nitrogen and oxygen atoms in total. The van der Waals surface area contributed by atoms with Gasteiger partial charge in [0.1, 0.15) is 5.60 Å². The summed E-state index contributed by atoms with van der Waals surface area (Å²) in [6.07, 6.45) is 4.44. The molecule has 1 spiro atoms. The molecule has 0 saturated carbocycles. The van der Waals surface area contributed by atoms with Crippen molar-refractivity contribution in [3.05, 3.63) is 70.4 Å². The number of carbonyl (C=O) groups is 2. The van der Waals surface area contributed by atoms with E-state index >= 15 is 0 Å². The first kappa shape index (κ1) is 17.6. The molecule has 6 heteroatoms. The highest BCUT2D eigenvalue weighted by atomic mass is 32.1. The Bertz CT molecular complexity index is 911. The summed E-state index contributed by atoms with van der Waals surface area (Å²) in [5.41, 5.74) is 0.544. The van der Waals surface area contributed by atoms with Crippen LogP contribution in [0.4, 0.5) is 0 Å². The minimum absolute atomic E-state index is 0.0310. The van der Waals surface area contributed by atoms with Gasteiger partial charge in [0.2, 0.25) is 11.8 Å². The molecule has 2 aromatic rings. The molecule has 4 heterocycles. The Hall–Kier alpha value is -2.44. The van der Waals surface area contributed by atoms with E-state index in [1.165, 1.54) is 5.56 Å². The molecule has 2 saturated heterocycles. The molecule has 4 atom stereocenters. The lowest BCUT2D eigenvalue weighted by atomic mass is 9.77. The molecule has 1 aromatic heterocycles. The van der Waals surface area contributed by atoms with Gasteiger partial charge in [0.05, 0.1) is 31.0 Å². The number of nitrogens with one attached hydrogen (secondary N) is 1. The second-order valence-corrected chi connectivity index (χ2v) is 8.73. The first-order valence-electron chi connectivity index (χ1n) is 9.66. The summed E-state index contributed by atoms with van der Waals surface area (Å²) >= 11 is 1.64. The molecule has 0 radical (unpaired) electrons. The molecule has 0 aliphatic carbocycles. The van der Waals surface area contributed by atoms with Crippen LogP contribution in [0.1, 0.15) is 10.4 Å². The quantitative estimate of drug-likeness (QED) is 0.766. The number of fused-ring (bicyclic) bond motifs is 1. The van der Waals surface area contributed by atoms with E-state index in [1.54, 1.807) is 11.3 Å². The molecular formula is C22H22N2O3S. The second-order valence-electron chi connectivity index (χ2n) is 7.70. The maximum Gasteiger partial charge on any atom is 0.230 e. The number of hydrogen-bond acceptors (Lipinski definition) is 4. The Morgan fingerprint density at radius 3 is 2.89 bits per heavy atom. The maximum absolute atomic E-state index is 13.1. The number of carbonyl (C=O) groups excluding carboxylic acids is 2. The van der Waals surface area contributed by atoms with Crippen molar-refractivity contribution < 1.29 is 14.3 Å². The van der Waals surface area contributed by atoms with Crippen LogP contribution >= 0.6 is 11.3 Å². The monoisotopic (exact) mass is 394 g/mol. The van der Waals surface area contributed by atoms with Gasteiger partial charge in [-0.2, -0.15) is 0 Å². The lowest BCUT2D eigenvalue weighted by molar-refractivity contribution is -0.137. The van der Waals surface area contributed by atoms with E-state index < -0.39 is 17.4 Å². The zero-order chi connectivity index (χ0) is 19.1. The van der Waals surface area contributed by atoms with E-state index in [2.05, 4.69) is 5.32 Å². The van der Waals surface area contributed by atoms with Gasteiger partial charge >= 0.3 is 0 Å². The fourth-order valence-corrected chi connectivity index (χ4v) is 5.41. The summed E-state index contributed by atoms with van der Waals surface area (Å²) in [7, 11) is 0. The Kier molecular flexibility index (Phi) is 4.33. The van der Waals surface area contributed by atoms with Crippen LogP contribution in [0.3, 0.4) is 0 Å². The highest BCUT2D eigenvalue weighted by Gasteiger charge is 2.66. The zero-order valence-corrected chi connectivity index (χ0v) is 16.2. The van der Waals surface area contributed by atoms with E-state index in [0.29, 0.717) is 19.6 Å². The Morgan fingerprint density at radius 2 is 2.11 bits per heavy atom. The van der Waals surface area contributed by atoms with Crippen molar-refractivity contribution >= 4 is 23.2 Å². The third-order valence-corrected chi connectivity index (χ3v) is 6.83. The minimum Gasteiger partial charge on any atom is -0.360 e. The third kappa shape index (κ3) is 2.88. The van der Waals surface area contributed by atoms with Gasteiger partial charge in [-0.25, -0.2) is 0 Å². The standard InChI is InChI=1S/C22H22N2O3S/c25-20(23-11-9-15-5-2-1-3-6-15)18-17-8-10-22(27-17)14-24(21(26)19(18)22)13-16-7-4-12-28-16/h1-8,10,12,17-19H,9,11,13-14H2,(H,23,25)/t17-,18+,19+,22+/m1/s1. The molecule has 3 aliphatic heterocycles. The van der Waals surface area contributed by atoms with Gasteiger partial charge in [-0.3, -0.25) is 9.59 Å². The number of rotatable bonds is 6. The van der Waals surface area contributed by atoms with Crippen molar-refractivity contribution in [1.82, 2.24) is 10.2 Å². The summed E-state index contributed by atoms with van der Waals surface area (Å²) in [6.45, 7) is 1.66. The highest BCUT2D eigenvalue weighted by molar-refractivity contribution is 7.09. The molecule has 28 heavy (non-hydrogen) atoms. The van der Waals surface area contributed by atoms with Crippen LogP contribution in [0.25, 0.3) is 0 Å². The van der Waals surface area contributed by atoms with Crippen LogP contribution in [0.15, 0.2) is 60.0 Å². The summed E-state index contributed by atoms with van der Waals surface area (Å²) in [6, 6.07) is 14.1. The van der Waals surface area contributed by atoms with Gasteiger partial charge in [0, 0.05) is 11.4 Å². The number of ether oxygens (including phenoxy) is 1. The molecule has 0 unspecified atom stereocenters. The third-order valence-electron chi connectivity index (χ3n) is 5.96. The minimum atomic E-state index is -0.638. The molecule has 1 aromatic carbocycles. The van der Waals surface area contributed by atoms with Crippen LogP contribution in [0, 0.1) is 11.8 Å². The van der Waals surface area contributed by atoms with Gasteiger partial charge in [-0.05, 0) is 23.4 Å². The maximum atomic E-state index is 13.1. The van der Waals surface area contributed by atoms with Crippen molar-refractivity contribution in [2.24, 2.45) is 11.8 Å². The summed E-state index contributed by atoms with van der Waals surface area (Å²) in [5.74, 6) is -0.910. The SMILES string of the molecule is O=C(NCCc1ccccc1)[C@@H]1[C@H]2C(=O)N(Cc3cccs3)C[C@@]23C=C[C@H]1O3. The van der Waals surface area contributed by atoms with Crippen molar-refractivity contribution in [2.75, 3.05) is 13.1 Å². The van der Waals surface area contributed by atoms with Gasteiger partial charge in [0.15, 0.2) is 0 Å². The Labute approximate surface area is 168 Å². The molecule has 2 amide bonds. The normalized spacial score (nSPS) is 30.1. The van der Waals surface area contributed by atoms with Crippen LogP contribution in [-0.2, 0) is 27.3 Å². The number of amides is 2. The van der Waals surface area contributed by atoms with Gasteiger partial charge < -0.3 is 15.0 Å². The number of nitrogens with zero attached hydrogens (tertiary/aromatic N) is 1. The smallest absolute Gasteiger partial charge is 0.230 e. The molecular weight excluding hydrogens is 372 g/mol. The number of hydrogen-bond donors (Lipinski definition) is 1. The van der Waals surface area contributed by atoms with E-state index in [1.807, 2.05) is 64.9 Å². The fraction of sp³-hybridized carbons (Fsp3) is 0.364. The topological polar surface area (TPSA) is 58.6 Å². The van der Waals surface area contributed by atoms with Gasteiger partial charge in [-0.15, -0.1) is 11.3 Å². The van der Waals surface area contributed by atoms with Crippen molar-refractivity contribution in [2.45, 2.75) is 24.7 Å². The average Bonchev–Trinajstić information content (AvgIpc) is 3.46. The van der Waals surface area contributed by atoms with E-state index in [-0.39, 0.29) is 17.9 Å². The highest BCUT2D eigenvalue weighted by Crippen LogP contribution is 2.52. The van der Waals surface area contributed by atoms with E-state index in [9.17, 15) is 9.59 Å². The zero-order valence-electron chi connectivity index (χ0n) is 15.4. The van der Waals surface area contributed by atoms with Crippen LogP contribution in [0.5, 0.6) is 0 Å². The largest absolute Gasteiger partial charge is 0.360 e. The lowest BCUT2D eigenvalue weighted by Gasteiger charge is -2.23. The number of thiophene rings is 1. The summed E-state index contributed by atoms with van der Waals surface area (Å²) < 4.78 is 6.17. The van der Waals surface area contributed by atoms with Crippen molar-refractivity contribution in [3.63, 3.8) is 0 Å². The first-order chi connectivity index (χ1) is 13.7. The van der Waals surface area contributed by atoms with E-state index in [4.69, 9.17) is 4.74 Å². The summed E-state index contributed by atoms with van der Waals surface area (Å²) in [5, 5.41) is 5.04. The van der Waals surface area contributed by atoms with Crippen LogP contribution in [0.2, 0.25) is 0 Å². The Morgan fingerprint density at radius 1 is 1.25 bits per heavy atom. The van der Waals surface area contributed by atoms with Crippen molar-refractivity contribution in [1.29, 1.82) is 0 Å². The molecule has 2 fully saturated rings. The fourth-order valence-electron chi connectivity index (χ4n) is 4.69. The second kappa shape index (κ2) is 6.87. The van der Waals surface area contributed by atoms with Gasteiger partial charge in [-0.1, -0.05) is 48.6 Å². The van der Waals surface area contributed by atoms with Gasteiger partial charge in [0.25, 0.3) is 0 Å². The molecule has 5 rings (SSSR count). The molecule has 2 bridgehead atoms.